The van der Waals surface area contributed by atoms with Crippen molar-refractivity contribution in [3.63, 3.8) is 0 Å². The number of hydrogen-bond donors (Lipinski definition) is 0. The first-order chi connectivity index (χ1) is 9.19. The molecule has 0 spiro atoms. The van der Waals surface area contributed by atoms with Crippen LogP contribution in [0.15, 0.2) is 42.6 Å². The fraction of sp³-hybridized carbons (Fsp3) is 0.200. The van der Waals surface area contributed by atoms with E-state index in [1.54, 1.807) is 18.3 Å². The molecule has 2 aromatic rings. The van der Waals surface area contributed by atoms with Crippen molar-refractivity contribution in [3.8, 4) is 17.7 Å². The van der Waals surface area contributed by atoms with Crippen molar-refractivity contribution in [2.45, 2.75) is 6.54 Å². The quantitative estimate of drug-likeness (QED) is 0.840. The fourth-order valence-corrected chi connectivity index (χ4v) is 1.70. The lowest BCUT2D eigenvalue weighted by Gasteiger charge is -2.10. The zero-order valence-electron chi connectivity index (χ0n) is 11.0. The first-order valence-electron chi connectivity index (χ1n) is 5.95. The van der Waals surface area contributed by atoms with Gasteiger partial charge in [0.2, 0.25) is 5.88 Å². The molecule has 0 atom stereocenters. The van der Waals surface area contributed by atoms with Crippen molar-refractivity contribution < 1.29 is 4.74 Å². The van der Waals surface area contributed by atoms with E-state index in [-0.39, 0.29) is 0 Å². The van der Waals surface area contributed by atoms with Gasteiger partial charge in [0.05, 0.1) is 0 Å². The summed E-state index contributed by atoms with van der Waals surface area (Å²) in [5.41, 5.74) is 1.64. The van der Waals surface area contributed by atoms with Crippen LogP contribution in [0.3, 0.4) is 0 Å². The Morgan fingerprint density at radius 3 is 2.58 bits per heavy atom. The summed E-state index contributed by atoms with van der Waals surface area (Å²) >= 11 is 0. The van der Waals surface area contributed by atoms with Crippen LogP contribution in [-0.4, -0.2) is 24.0 Å². The van der Waals surface area contributed by atoms with Gasteiger partial charge in [-0.1, -0.05) is 12.1 Å². The molecule has 0 aliphatic carbocycles. The summed E-state index contributed by atoms with van der Waals surface area (Å²) < 4.78 is 5.61. The highest BCUT2D eigenvalue weighted by atomic mass is 16.5. The first kappa shape index (κ1) is 13.1. The van der Waals surface area contributed by atoms with Crippen molar-refractivity contribution in [1.82, 2.24) is 9.88 Å². The lowest BCUT2D eigenvalue weighted by atomic mass is 10.2. The molecule has 0 amide bonds. The van der Waals surface area contributed by atoms with Gasteiger partial charge in [-0.3, -0.25) is 0 Å². The lowest BCUT2D eigenvalue weighted by Crippen LogP contribution is -2.10. The molecule has 0 unspecified atom stereocenters. The van der Waals surface area contributed by atoms with Gasteiger partial charge >= 0.3 is 0 Å². The highest BCUT2D eigenvalue weighted by molar-refractivity contribution is 5.40. The third-order valence-electron chi connectivity index (χ3n) is 2.53. The molecular weight excluding hydrogens is 238 g/mol. The van der Waals surface area contributed by atoms with Gasteiger partial charge in [-0.15, -0.1) is 0 Å². The van der Waals surface area contributed by atoms with Gasteiger partial charge < -0.3 is 9.64 Å². The van der Waals surface area contributed by atoms with E-state index in [1.807, 2.05) is 38.4 Å². The van der Waals surface area contributed by atoms with Gasteiger partial charge in [-0.05, 0) is 43.9 Å². The van der Waals surface area contributed by atoms with Gasteiger partial charge in [0.1, 0.15) is 17.4 Å². The van der Waals surface area contributed by atoms with E-state index in [0.717, 1.165) is 6.54 Å². The SMILES string of the molecule is CN(C)Cc1ccc(Oc2ncccc2C#N)cc1. The molecule has 0 aliphatic rings. The molecule has 0 N–H and O–H groups in total. The van der Waals surface area contributed by atoms with E-state index in [4.69, 9.17) is 10.00 Å². The number of hydrogen-bond acceptors (Lipinski definition) is 4. The number of aromatic nitrogens is 1. The minimum atomic E-state index is 0.338. The standard InChI is InChI=1S/C15H15N3O/c1-18(2)11-12-5-7-14(8-6-12)19-15-13(10-16)4-3-9-17-15/h3-9H,11H2,1-2H3. The van der Waals surface area contributed by atoms with Crippen molar-refractivity contribution in [2.24, 2.45) is 0 Å². The lowest BCUT2D eigenvalue weighted by molar-refractivity contribution is 0.402. The predicted octanol–water partition coefficient (Wildman–Crippen LogP) is 2.81. The number of pyridine rings is 1. The van der Waals surface area contributed by atoms with Gasteiger partial charge in [-0.2, -0.15) is 5.26 Å². The number of benzene rings is 1. The maximum absolute atomic E-state index is 8.96. The molecule has 0 radical (unpaired) electrons. The minimum Gasteiger partial charge on any atom is -0.438 e. The predicted molar refractivity (Wildman–Crippen MR) is 72.9 cm³/mol. The van der Waals surface area contributed by atoms with Crippen LogP contribution < -0.4 is 4.74 Å². The molecule has 2 rings (SSSR count). The van der Waals surface area contributed by atoms with Crippen LogP contribution in [0.25, 0.3) is 0 Å². The van der Waals surface area contributed by atoms with E-state index in [0.29, 0.717) is 17.2 Å². The summed E-state index contributed by atoms with van der Waals surface area (Å²) in [6.07, 6.45) is 1.61. The van der Waals surface area contributed by atoms with Gasteiger partial charge in [0, 0.05) is 12.7 Å². The van der Waals surface area contributed by atoms with Crippen molar-refractivity contribution in [1.29, 1.82) is 5.26 Å². The van der Waals surface area contributed by atoms with E-state index in [1.165, 1.54) is 5.56 Å². The molecule has 4 nitrogen and oxygen atoms in total. The molecular formula is C15H15N3O. The molecule has 4 heteroatoms. The second kappa shape index (κ2) is 5.98. The van der Waals surface area contributed by atoms with Gasteiger partial charge in [0.25, 0.3) is 0 Å². The Bertz CT molecular complexity index is 585. The molecule has 96 valence electrons. The summed E-state index contributed by atoms with van der Waals surface area (Å²) in [7, 11) is 4.05. The van der Waals surface area contributed by atoms with Crippen LogP contribution in [0, 0.1) is 11.3 Å². The monoisotopic (exact) mass is 253 g/mol. The van der Waals surface area contributed by atoms with Crippen LogP contribution in [0.5, 0.6) is 11.6 Å². The van der Waals surface area contributed by atoms with Gasteiger partial charge in [-0.25, -0.2) is 4.98 Å². The molecule has 0 bridgehead atoms. The minimum absolute atomic E-state index is 0.338. The summed E-state index contributed by atoms with van der Waals surface area (Å²) in [6, 6.07) is 13.2. The summed E-state index contributed by atoms with van der Waals surface area (Å²) in [5.74, 6) is 1.02. The molecule has 0 fully saturated rings. The fourth-order valence-electron chi connectivity index (χ4n) is 1.70. The molecule has 19 heavy (non-hydrogen) atoms. The third kappa shape index (κ3) is 3.54. The molecule has 1 aromatic heterocycles. The number of rotatable bonds is 4. The first-order valence-corrected chi connectivity index (χ1v) is 5.95. The van der Waals surface area contributed by atoms with Crippen LogP contribution >= 0.6 is 0 Å². The Kier molecular flexibility index (Phi) is 4.11. The van der Waals surface area contributed by atoms with Crippen molar-refractivity contribution in [3.05, 3.63) is 53.7 Å². The largest absolute Gasteiger partial charge is 0.438 e. The molecule has 0 saturated heterocycles. The van der Waals surface area contributed by atoms with Gasteiger partial charge in [0.15, 0.2) is 0 Å². The Labute approximate surface area is 112 Å². The zero-order chi connectivity index (χ0) is 13.7. The normalized spacial score (nSPS) is 10.2. The number of nitrogens with zero attached hydrogens (tertiary/aromatic N) is 3. The van der Waals surface area contributed by atoms with Crippen LogP contribution in [0.4, 0.5) is 0 Å². The maximum atomic E-state index is 8.96. The van der Waals surface area contributed by atoms with Crippen LogP contribution in [-0.2, 0) is 6.54 Å². The Balaban J connectivity index is 2.13. The highest BCUT2D eigenvalue weighted by Gasteiger charge is 2.05. The smallest absolute Gasteiger partial charge is 0.237 e. The molecule has 0 aliphatic heterocycles. The van der Waals surface area contributed by atoms with Crippen molar-refractivity contribution >= 4 is 0 Å². The summed E-state index contributed by atoms with van der Waals surface area (Å²) in [5, 5.41) is 8.96. The van der Waals surface area contributed by atoms with E-state index in [9.17, 15) is 0 Å². The molecule has 1 aromatic carbocycles. The second-order valence-electron chi connectivity index (χ2n) is 4.45. The summed E-state index contributed by atoms with van der Waals surface area (Å²) in [6.45, 7) is 0.882. The Morgan fingerprint density at radius 1 is 1.21 bits per heavy atom. The third-order valence-corrected chi connectivity index (χ3v) is 2.53. The maximum Gasteiger partial charge on any atom is 0.237 e. The Morgan fingerprint density at radius 2 is 1.95 bits per heavy atom. The second-order valence-corrected chi connectivity index (χ2v) is 4.45. The average molecular weight is 253 g/mol. The van der Waals surface area contributed by atoms with Crippen LogP contribution in [0.2, 0.25) is 0 Å². The topological polar surface area (TPSA) is 49.1 Å². The number of ether oxygens (including phenoxy) is 1. The van der Waals surface area contributed by atoms with Crippen molar-refractivity contribution in [2.75, 3.05) is 14.1 Å². The summed E-state index contributed by atoms with van der Waals surface area (Å²) in [4.78, 5) is 6.16. The average Bonchev–Trinajstić information content (AvgIpc) is 2.41. The number of nitriles is 1. The molecule has 1 heterocycles. The highest BCUT2D eigenvalue weighted by Crippen LogP contribution is 2.22. The Hall–Kier alpha value is -2.38. The van der Waals surface area contributed by atoms with E-state index < -0.39 is 0 Å². The van der Waals surface area contributed by atoms with E-state index in [2.05, 4.69) is 16.0 Å². The molecule has 0 saturated carbocycles. The zero-order valence-corrected chi connectivity index (χ0v) is 11.0. The van der Waals surface area contributed by atoms with E-state index >= 15 is 0 Å². The van der Waals surface area contributed by atoms with Crippen LogP contribution in [0.1, 0.15) is 11.1 Å².